The lowest BCUT2D eigenvalue weighted by Crippen LogP contribution is -2.37. The normalized spacial score (nSPS) is 16.9. The highest BCUT2D eigenvalue weighted by Crippen LogP contribution is 2.24. The van der Waals surface area contributed by atoms with Gasteiger partial charge in [-0.3, -0.25) is 4.79 Å². The van der Waals surface area contributed by atoms with E-state index in [9.17, 15) is 13.2 Å². The van der Waals surface area contributed by atoms with Gasteiger partial charge in [-0.2, -0.15) is 4.31 Å². The number of carbonyl (C=O) groups excluding carboxylic acids is 1. The van der Waals surface area contributed by atoms with Crippen molar-refractivity contribution in [3.8, 4) is 5.75 Å². The van der Waals surface area contributed by atoms with Gasteiger partial charge in [0.15, 0.2) is 0 Å². The van der Waals surface area contributed by atoms with Crippen LogP contribution in [0.15, 0.2) is 23.1 Å². The summed E-state index contributed by atoms with van der Waals surface area (Å²) < 4.78 is 32.3. The van der Waals surface area contributed by atoms with Gasteiger partial charge >= 0.3 is 0 Å². The minimum Gasteiger partial charge on any atom is -0.496 e. The predicted octanol–water partition coefficient (Wildman–Crippen LogP) is 1.64. The summed E-state index contributed by atoms with van der Waals surface area (Å²) in [4.78, 5) is 13.8. The van der Waals surface area contributed by atoms with Gasteiger partial charge in [-0.15, -0.1) is 0 Å². The molecule has 1 aromatic rings. The molecule has 0 bridgehead atoms. The first-order valence-electron chi connectivity index (χ1n) is 7.82. The molecule has 128 valence electrons. The number of ether oxygens (including phenoxy) is 1. The second-order valence-corrected chi connectivity index (χ2v) is 7.56. The first kappa shape index (κ1) is 17.7. The highest BCUT2D eigenvalue weighted by Gasteiger charge is 2.28. The summed E-state index contributed by atoms with van der Waals surface area (Å²) in [7, 11) is -1.99. The van der Waals surface area contributed by atoms with E-state index >= 15 is 0 Å². The van der Waals surface area contributed by atoms with Crippen LogP contribution in [0.25, 0.3) is 0 Å². The Morgan fingerprint density at radius 2 is 1.96 bits per heavy atom. The molecule has 0 aromatic heterocycles. The lowest BCUT2D eigenvalue weighted by atomic mass is 10.2. The van der Waals surface area contributed by atoms with Crippen LogP contribution in [0.4, 0.5) is 0 Å². The number of amides is 1. The van der Waals surface area contributed by atoms with Crippen LogP contribution in [-0.2, 0) is 14.8 Å². The van der Waals surface area contributed by atoms with Crippen molar-refractivity contribution in [1.29, 1.82) is 0 Å². The second-order valence-electron chi connectivity index (χ2n) is 5.62. The zero-order valence-electron chi connectivity index (χ0n) is 13.9. The van der Waals surface area contributed by atoms with Crippen LogP contribution in [0.5, 0.6) is 5.75 Å². The highest BCUT2D eigenvalue weighted by atomic mass is 32.2. The molecule has 1 aliphatic rings. The van der Waals surface area contributed by atoms with Crippen molar-refractivity contribution < 1.29 is 17.9 Å². The van der Waals surface area contributed by atoms with E-state index in [2.05, 4.69) is 0 Å². The van der Waals surface area contributed by atoms with Crippen molar-refractivity contribution in [2.75, 3.05) is 33.3 Å². The average Bonchev–Trinajstić information content (AvgIpc) is 2.80. The van der Waals surface area contributed by atoms with Crippen molar-refractivity contribution >= 4 is 15.9 Å². The van der Waals surface area contributed by atoms with Crippen molar-refractivity contribution in [2.45, 2.75) is 31.6 Å². The summed E-state index contributed by atoms with van der Waals surface area (Å²) >= 11 is 0. The van der Waals surface area contributed by atoms with E-state index in [1.807, 2.05) is 13.8 Å². The molecular formula is C16H24N2O4S. The lowest BCUT2D eigenvalue weighted by Gasteiger charge is -2.22. The van der Waals surface area contributed by atoms with Gasteiger partial charge in [0.25, 0.3) is 0 Å². The molecule has 1 aliphatic heterocycles. The van der Waals surface area contributed by atoms with E-state index < -0.39 is 10.0 Å². The number of aryl methyl sites for hydroxylation is 1. The van der Waals surface area contributed by atoms with E-state index in [1.54, 1.807) is 30.2 Å². The molecule has 1 saturated heterocycles. The maximum Gasteiger partial charge on any atom is 0.243 e. The smallest absolute Gasteiger partial charge is 0.243 e. The largest absolute Gasteiger partial charge is 0.496 e. The van der Waals surface area contributed by atoms with Crippen molar-refractivity contribution in [2.24, 2.45) is 0 Å². The van der Waals surface area contributed by atoms with Gasteiger partial charge in [0.05, 0.1) is 12.0 Å². The molecule has 6 nitrogen and oxygen atoms in total. The number of hydrogen-bond acceptors (Lipinski definition) is 4. The summed E-state index contributed by atoms with van der Waals surface area (Å²) in [5.74, 6) is 0.740. The number of hydrogen-bond donors (Lipinski definition) is 0. The second kappa shape index (κ2) is 7.31. The Bertz CT molecular complexity index is 673. The third kappa shape index (κ3) is 3.84. The van der Waals surface area contributed by atoms with Crippen LogP contribution in [0.2, 0.25) is 0 Å². The van der Waals surface area contributed by atoms with Gasteiger partial charge in [-0.25, -0.2) is 8.42 Å². The molecule has 1 heterocycles. The quantitative estimate of drug-likeness (QED) is 0.836. The third-order valence-corrected chi connectivity index (χ3v) is 6.01. The van der Waals surface area contributed by atoms with Gasteiger partial charge in [-0.1, -0.05) is 6.92 Å². The summed E-state index contributed by atoms with van der Waals surface area (Å²) in [6.45, 7) is 5.46. The Kier molecular flexibility index (Phi) is 5.64. The molecule has 0 unspecified atom stereocenters. The van der Waals surface area contributed by atoms with Gasteiger partial charge in [0.2, 0.25) is 15.9 Å². The molecule has 7 heteroatoms. The van der Waals surface area contributed by atoms with Crippen LogP contribution < -0.4 is 4.74 Å². The van der Waals surface area contributed by atoms with E-state index in [4.69, 9.17) is 4.74 Å². The molecule has 0 aliphatic carbocycles. The molecule has 2 rings (SSSR count). The van der Waals surface area contributed by atoms with Crippen LogP contribution in [0, 0.1) is 6.92 Å². The topological polar surface area (TPSA) is 66.9 Å². The van der Waals surface area contributed by atoms with Crippen LogP contribution in [0.3, 0.4) is 0 Å². The summed E-state index contributed by atoms with van der Waals surface area (Å²) in [5, 5.41) is 0. The Balaban J connectivity index is 2.19. The molecule has 0 N–H and O–H groups in total. The average molecular weight is 340 g/mol. The monoisotopic (exact) mass is 340 g/mol. The fourth-order valence-electron chi connectivity index (χ4n) is 2.77. The first-order chi connectivity index (χ1) is 10.9. The van der Waals surface area contributed by atoms with Crippen molar-refractivity contribution in [1.82, 2.24) is 9.21 Å². The van der Waals surface area contributed by atoms with Crippen LogP contribution in [-0.4, -0.2) is 56.8 Å². The summed E-state index contributed by atoms with van der Waals surface area (Å²) in [6, 6.07) is 4.88. The number of sulfonamides is 1. The highest BCUT2D eigenvalue weighted by molar-refractivity contribution is 7.89. The number of methoxy groups -OCH3 is 1. The Labute approximate surface area is 138 Å². The minimum absolute atomic E-state index is 0.0736. The molecular weight excluding hydrogens is 316 g/mol. The fraction of sp³-hybridized carbons (Fsp3) is 0.562. The SMILES string of the molecule is CCC(=O)N1CCCN(S(=O)(=O)c2ccc(OC)c(C)c2)CC1. The number of nitrogens with zero attached hydrogens (tertiary/aromatic N) is 2. The van der Waals surface area contributed by atoms with Gasteiger partial charge < -0.3 is 9.64 Å². The first-order valence-corrected chi connectivity index (χ1v) is 9.26. The van der Waals surface area contributed by atoms with E-state index in [1.165, 1.54) is 4.31 Å². The van der Waals surface area contributed by atoms with E-state index in [-0.39, 0.29) is 10.8 Å². The molecule has 0 saturated carbocycles. The van der Waals surface area contributed by atoms with Crippen molar-refractivity contribution in [3.05, 3.63) is 23.8 Å². The minimum atomic E-state index is -3.55. The Morgan fingerprint density at radius 1 is 1.22 bits per heavy atom. The molecule has 1 fully saturated rings. The van der Waals surface area contributed by atoms with Gasteiger partial charge in [-0.05, 0) is 37.1 Å². The Hall–Kier alpha value is -1.60. The van der Waals surface area contributed by atoms with Crippen LogP contribution in [0.1, 0.15) is 25.3 Å². The summed E-state index contributed by atoms with van der Waals surface area (Å²) in [6.07, 6.45) is 1.10. The molecule has 0 radical (unpaired) electrons. The van der Waals surface area contributed by atoms with Crippen molar-refractivity contribution in [3.63, 3.8) is 0 Å². The van der Waals surface area contributed by atoms with E-state index in [0.717, 1.165) is 5.56 Å². The van der Waals surface area contributed by atoms with Gasteiger partial charge in [0, 0.05) is 32.6 Å². The van der Waals surface area contributed by atoms with Crippen LogP contribution >= 0.6 is 0 Å². The number of rotatable bonds is 4. The molecule has 23 heavy (non-hydrogen) atoms. The maximum absolute atomic E-state index is 12.8. The molecule has 1 amide bonds. The molecule has 0 atom stereocenters. The summed E-state index contributed by atoms with van der Waals surface area (Å²) in [5.41, 5.74) is 0.784. The maximum atomic E-state index is 12.8. The zero-order valence-corrected chi connectivity index (χ0v) is 14.7. The fourth-order valence-corrected chi connectivity index (χ4v) is 4.32. The number of carbonyl (C=O) groups is 1. The standard InChI is InChI=1S/C16H24N2O4S/c1-4-16(19)17-8-5-9-18(11-10-17)23(20,21)14-6-7-15(22-3)13(2)12-14/h6-7,12H,4-5,8-11H2,1-3H3. The predicted molar refractivity (Wildman–Crippen MR) is 88.0 cm³/mol. The number of benzene rings is 1. The Morgan fingerprint density at radius 3 is 2.57 bits per heavy atom. The third-order valence-electron chi connectivity index (χ3n) is 4.11. The zero-order chi connectivity index (χ0) is 17.0. The lowest BCUT2D eigenvalue weighted by molar-refractivity contribution is -0.130. The van der Waals surface area contributed by atoms with E-state index in [0.29, 0.717) is 44.8 Å². The molecule has 1 aromatic carbocycles. The molecule has 0 spiro atoms. The van der Waals surface area contributed by atoms with Gasteiger partial charge in [0.1, 0.15) is 5.75 Å².